The Morgan fingerprint density at radius 2 is 0.442 bits per heavy atom. The van der Waals surface area contributed by atoms with Crippen LogP contribution in [0.1, 0.15) is 49.9 Å². The van der Waals surface area contributed by atoms with Crippen LogP contribution < -0.4 is 10.9 Å². The highest BCUT2D eigenvalue weighted by atomic mass is 79.9. The third-order valence-electron chi connectivity index (χ3n) is 22.7. The molecule has 0 amide bonds. The Morgan fingerprint density at radius 3 is 0.775 bits per heavy atom. The fourth-order valence-electron chi connectivity index (χ4n) is 16.1. The van der Waals surface area contributed by atoms with Crippen LogP contribution >= 0.6 is 39.1 Å². The molecule has 624 valence electrons. The van der Waals surface area contributed by atoms with Gasteiger partial charge in [0.2, 0.25) is 0 Å². The molecule has 3 aromatic heterocycles. The second-order valence-electron chi connectivity index (χ2n) is 32.1. The van der Waals surface area contributed by atoms with Crippen molar-refractivity contribution in [3.05, 3.63) is 449 Å². The molecule has 19 aromatic rings. The standard InChI is InChI=1S/C42H31N3.C27H18ClN3.C21H14BrN3.C15H15BO2.C6H6BClO2/c1-42(2)37-22-10-9-21-35(37)36-27-33(23-24-38(36)42)31-18-11-17-30(25-31)32-19-12-20-34(26-32)41-44-39(28-13-5-3-6-14-28)43-40(45-41)29-15-7-4-8-16-29;28-24-16-8-14-22(18-24)21-13-7-15-23(17-21)27-30-25(19-9-3-1-4-10-19)29-26(31-27)20-11-5-2-6-12-20;22-18-13-7-12-17(14-18)21-24-19(15-8-3-1-4-9-15)23-20(25-21)16-10-5-2-6-11-16;1-15(2)13-6-4-3-5-11(13)12-9-10(16(17)18)7-8-14(12)15;8-6-3-1-2-5(4-6)7(9)10/h3-27H,1-2H3;1-18H;1-14H;3-9,17-18H,1-2H3;1-4,9-10H. The van der Waals surface area contributed by atoms with Crippen molar-refractivity contribution in [2.24, 2.45) is 0 Å². The van der Waals surface area contributed by atoms with E-state index in [0.29, 0.717) is 73.4 Å². The Bertz CT molecular complexity index is 7020. The quantitative estimate of drug-likeness (QED) is 0.0751. The Kier molecular flexibility index (Phi) is 26.4. The maximum atomic E-state index is 9.29. The van der Waals surface area contributed by atoms with Gasteiger partial charge >= 0.3 is 14.2 Å². The van der Waals surface area contributed by atoms with Gasteiger partial charge in [-0.1, -0.05) is 419 Å². The highest BCUT2D eigenvalue weighted by Crippen LogP contribution is 2.51. The van der Waals surface area contributed by atoms with Gasteiger partial charge in [-0.15, -0.1) is 0 Å². The molecule has 21 rings (SSSR count). The van der Waals surface area contributed by atoms with Crippen molar-refractivity contribution < 1.29 is 20.1 Å². The summed E-state index contributed by atoms with van der Waals surface area (Å²) in [5.41, 5.74) is 26.6. The average molecular weight is 1780 g/mol. The molecule has 2 aliphatic rings. The molecular formula is C111H84B2BrCl2N9O4. The van der Waals surface area contributed by atoms with Crippen molar-refractivity contribution in [3.8, 4) is 158 Å². The largest absolute Gasteiger partial charge is 0.488 e. The van der Waals surface area contributed by atoms with Gasteiger partial charge in [-0.2, -0.15) is 0 Å². The van der Waals surface area contributed by atoms with Crippen LogP contribution in [0.2, 0.25) is 10.0 Å². The monoisotopic (exact) mass is 1780 g/mol. The lowest BCUT2D eigenvalue weighted by molar-refractivity contribution is 0.424. The predicted octanol–water partition coefficient (Wildman–Crippen LogP) is 25.0. The maximum Gasteiger partial charge on any atom is 0.488 e. The van der Waals surface area contributed by atoms with Crippen LogP contribution in [0.15, 0.2) is 417 Å². The molecule has 0 spiro atoms. The number of aromatic nitrogens is 9. The van der Waals surface area contributed by atoms with E-state index in [9.17, 15) is 10.0 Å². The van der Waals surface area contributed by atoms with E-state index in [1.807, 2.05) is 267 Å². The molecule has 0 aliphatic heterocycles. The summed E-state index contributed by atoms with van der Waals surface area (Å²) in [6.07, 6.45) is 0. The second-order valence-corrected chi connectivity index (χ2v) is 33.9. The lowest BCUT2D eigenvalue weighted by Gasteiger charge is -2.21. The van der Waals surface area contributed by atoms with Gasteiger partial charge in [0.25, 0.3) is 0 Å². The second kappa shape index (κ2) is 39.2. The number of hydrogen-bond donors (Lipinski definition) is 4. The number of rotatable bonds is 14. The van der Waals surface area contributed by atoms with Gasteiger partial charge in [0, 0.05) is 75.4 Å². The van der Waals surface area contributed by atoms with E-state index in [2.05, 4.69) is 164 Å². The SMILES string of the molecule is Brc1cccc(-c2nc(-c3ccccc3)nc(-c3ccccc3)n2)c1.CC1(C)c2ccccc2-c2cc(-c3cccc(-c4cccc(-c5nc(-c6ccccc6)nc(-c6ccccc6)n5)c4)c3)ccc21.CC1(C)c2ccccc2-c2cc(B(O)O)ccc21.Clc1cccc(-c2cccc(-c3nc(-c4ccccc4)nc(-c4ccccc4)n3)c2)c1.OB(O)c1cccc(Cl)c1. The topological polar surface area (TPSA) is 197 Å². The van der Waals surface area contributed by atoms with Crippen LogP contribution in [0.4, 0.5) is 0 Å². The molecule has 0 fully saturated rings. The van der Waals surface area contributed by atoms with Gasteiger partial charge in [-0.3, -0.25) is 0 Å². The highest BCUT2D eigenvalue weighted by Gasteiger charge is 2.37. The van der Waals surface area contributed by atoms with Gasteiger partial charge in [0.15, 0.2) is 52.4 Å². The minimum atomic E-state index is -1.43. The fourth-order valence-corrected chi connectivity index (χ4v) is 16.9. The van der Waals surface area contributed by atoms with Gasteiger partial charge in [0.1, 0.15) is 0 Å². The molecule has 0 atom stereocenters. The Morgan fingerprint density at radius 1 is 0.202 bits per heavy atom. The molecule has 0 radical (unpaired) electrons. The summed E-state index contributed by atoms with van der Waals surface area (Å²) in [6.45, 7) is 9.05. The lowest BCUT2D eigenvalue weighted by atomic mass is 9.77. The van der Waals surface area contributed by atoms with E-state index in [-0.39, 0.29) is 10.8 Å². The van der Waals surface area contributed by atoms with E-state index >= 15 is 0 Å². The third-order valence-corrected chi connectivity index (χ3v) is 23.7. The van der Waals surface area contributed by atoms with Crippen LogP contribution in [0.25, 0.3) is 158 Å². The van der Waals surface area contributed by atoms with Crippen LogP contribution in [0.5, 0.6) is 0 Å². The minimum absolute atomic E-state index is 0.00251. The Hall–Kier alpha value is -14.4. The van der Waals surface area contributed by atoms with Crippen molar-refractivity contribution in [3.63, 3.8) is 0 Å². The Balaban J connectivity index is 0.000000122. The molecule has 129 heavy (non-hydrogen) atoms. The smallest absolute Gasteiger partial charge is 0.423 e. The first kappa shape index (κ1) is 86.7. The molecule has 0 bridgehead atoms. The summed E-state index contributed by atoms with van der Waals surface area (Å²) >= 11 is 15.3. The summed E-state index contributed by atoms with van der Waals surface area (Å²) < 4.78 is 0.993. The van der Waals surface area contributed by atoms with Crippen LogP contribution in [0, 0.1) is 0 Å². The fraction of sp³-hybridized carbons (Fsp3) is 0.0541. The van der Waals surface area contributed by atoms with Crippen LogP contribution in [0.3, 0.4) is 0 Å². The first-order valence-electron chi connectivity index (χ1n) is 42.2. The maximum absolute atomic E-state index is 9.29. The number of hydrogen-bond acceptors (Lipinski definition) is 13. The normalized spacial score (nSPS) is 12.0. The zero-order valence-electron chi connectivity index (χ0n) is 70.9. The molecule has 0 saturated heterocycles. The molecule has 13 nitrogen and oxygen atoms in total. The van der Waals surface area contributed by atoms with E-state index in [0.717, 1.165) is 82.4 Å². The number of halogens is 3. The number of benzene rings is 16. The molecule has 0 saturated carbocycles. The van der Waals surface area contributed by atoms with E-state index in [1.165, 1.54) is 56.1 Å². The first-order valence-corrected chi connectivity index (χ1v) is 43.8. The van der Waals surface area contributed by atoms with Gasteiger partial charge < -0.3 is 20.1 Å². The van der Waals surface area contributed by atoms with Gasteiger partial charge in [-0.05, 0) is 149 Å². The highest BCUT2D eigenvalue weighted by molar-refractivity contribution is 9.10. The summed E-state index contributed by atoms with van der Waals surface area (Å²) in [6, 6.07) is 138. The summed E-state index contributed by atoms with van der Waals surface area (Å²) in [4.78, 5) is 43.2. The van der Waals surface area contributed by atoms with E-state index in [4.69, 9.17) is 73.1 Å². The van der Waals surface area contributed by atoms with E-state index < -0.39 is 14.2 Å². The summed E-state index contributed by atoms with van der Waals surface area (Å²) in [7, 11) is -2.84. The van der Waals surface area contributed by atoms with E-state index in [1.54, 1.807) is 24.3 Å². The van der Waals surface area contributed by atoms with Crippen LogP contribution in [-0.4, -0.2) is 79.2 Å². The van der Waals surface area contributed by atoms with Crippen LogP contribution in [-0.2, 0) is 10.8 Å². The van der Waals surface area contributed by atoms with Gasteiger partial charge in [-0.25, -0.2) is 44.9 Å². The zero-order chi connectivity index (χ0) is 89.0. The summed E-state index contributed by atoms with van der Waals surface area (Å²) in [5.74, 6) is 5.91. The number of fused-ring (bicyclic) bond motifs is 6. The van der Waals surface area contributed by atoms with Crippen molar-refractivity contribution in [2.45, 2.75) is 38.5 Å². The molecule has 18 heteroatoms. The van der Waals surface area contributed by atoms with Gasteiger partial charge in [0.05, 0.1) is 0 Å². The Labute approximate surface area is 769 Å². The summed E-state index contributed by atoms with van der Waals surface area (Å²) in [5, 5.41) is 37.1. The zero-order valence-corrected chi connectivity index (χ0v) is 74.0. The predicted molar refractivity (Wildman–Crippen MR) is 530 cm³/mol. The number of nitrogens with zero attached hydrogens (tertiary/aromatic N) is 9. The molecule has 4 N–H and O–H groups in total. The first-order chi connectivity index (χ1) is 62.8. The molecule has 3 heterocycles. The third kappa shape index (κ3) is 20.0. The van der Waals surface area contributed by atoms with Crippen molar-refractivity contribution in [1.82, 2.24) is 44.9 Å². The lowest BCUT2D eigenvalue weighted by Crippen LogP contribution is -2.30. The van der Waals surface area contributed by atoms with Crippen molar-refractivity contribution in [2.75, 3.05) is 0 Å². The molecule has 2 aliphatic carbocycles. The molecule has 16 aromatic carbocycles. The molecule has 0 unspecified atom stereocenters. The van der Waals surface area contributed by atoms with Crippen molar-refractivity contribution >= 4 is 64.3 Å². The average Bonchev–Trinajstić information content (AvgIpc) is 1.59. The minimum Gasteiger partial charge on any atom is -0.423 e. The van der Waals surface area contributed by atoms with Crippen molar-refractivity contribution in [1.29, 1.82) is 0 Å². The molecular weight excluding hydrogens is 1700 g/mol.